The predicted octanol–water partition coefficient (Wildman–Crippen LogP) is 4.67. The van der Waals surface area contributed by atoms with Crippen LogP contribution in [0.15, 0.2) is 73.1 Å². The van der Waals surface area contributed by atoms with Crippen LogP contribution >= 0.6 is 0 Å². The molecule has 0 amide bonds. The molecule has 110 valence electrons. The summed E-state index contributed by atoms with van der Waals surface area (Å²) in [4.78, 5) is 13.5. The molecule has 0 bridgehead atoms. The van der Waals surface area contributed by atoms with Crippen molar-refractivity contribution in [1.29, 1.82) is 0 Å². The van der Waals surface area contributed by atoms with E-state index in [0.29, 0.717) is 5.82 Å². The summed E-state index contributed by atoms with van der Waals surface area (Å²) < 4.78 is 0. The Balaban J connectivity index is 1.90. The summed E-state index contributed by atoms with van der Waals surface area (Å²) in [6.07, 6.45) is 3.55. The molecule has 0 aliphatic heterocycles. The highest BCUT2D eigenvalue weighted by Gasteiger charge is 2.08. The van der Waals surface area contributed by atoms with Crippen LogP contribution in [-0.2, 0) is 0 Å². The number of rotatable bonds is 2. The molecule has 0 aliphatic rings. The molecule has 0 unspecified atom stereocenters. The summed E-state index contributed by atoms with van der Waals surface area (Å²) in [5, 5.41) is 1.08. The zero-order valence-corrected chi connectivity index (χ0v) is 12.8. The molecule has 0 atom stereocenters. The molecule has 3 nitrogen and oxygen atoms in total. The highest BCUT2D eigenvalue weighted by molar-refractivity contribution is 5.87. The lowest BCUT2D eigenvalue weighted by molar-refractivity contribution is 1.15. The molecule has 4 aromatic rings. The van der Waals surface area contributed by atoms with Crippen LogP contribution < -0.4 is 0 Å². The van der Waals surface area contributed by atoms with Crippen molar-refractivity contribution in [3.63, 3.8) is 0 Å². The standard InChI is InChI=1S/C20H15N3/c1-14-18-10-9-16(15-6-3-2-4-7-15)12-19(18)23-20(22-14)17-8-5-11-21-13-17/h2-13H,1H3. The highest BCUT2D eigenvalue weighted by Crippen LogP contribution is 2.26. The minimum absolute atomic E-state index is 0.716. The molecule has 2 heterocycles. The van der Waals surface area contributed by atoms with Gasteiger partial charge in [0.15, 0.2) is 5.82 Å². The first-order valence-electron chi connectivity index (χ1n) is 7.55. The third kappa shape index (κ3) is 2.57. The van der Waals surface area contributed by atoms with Gasteiger partial charge in [0.1, 0.15) is 0 Å². The summed E-state index contributed by atoms with van der Waals surface area (Å²) in [6.45, 7) is 2.02. The van der Waals surface area contributed by atoms with Crippen molar-refractivity contribution in [3.05, 3.63) is 78.8 Å². The number of benzene rings is 2. The van der Waals surface area contributed by atoms with Crippen molar-refractivity contribution < 1.29 is 0 Å². The van der Waals surface area contributed by atoms with Gasteiger partial charge in [-0.3, -0.25) is 4.98 Å². The van der Waals surface area contributed by atoms with Crippen molar-refractivity contribution in [2.45, 2.75) is 6.92 Å². The molecule has 23 heavy (non-hydrogen) atoms. The van der Waals surface area contributed by atoms with Crippen LogP contribution in [-0.4, -0.2) is 15.0 Å². The van der Waals surface area contributed by atoms with Gasteiger partial charge in [-0.2, -0.15) is 0 Å². The molecule has 2 aromatic heterocycles. The second kappa shape index (κ2) is 5.61. The van der Waals surface area contributed by atoms with Gasteiger partial charge in [0, 0.05) is 29.0 Å². The molecule has 2 aromatic carbocycles. The SMILES string of the molecule is Cc1nc(-c2cccnc2)nc2cc(-c3ccccc3)ccc12. The predicted molar refractivity (Wildman–Crippen MR) is 92.9 cm³/mol. The van der Waals surface area contributed by atoms with E-state index in [-0.39, 0.29) is 0 Å². The average molecular weight is 297 g/mol. The first-order valence-corrected chi connectivity index (χ1v) is 7.55. The number of nitrogens with zero attached hydrogens (tertiary/aromatic N) is 3. The van der Waals surface area contributed by atoms with Crippen LogP contribution in [0.25, 0.3) is 33.4 Å². The first-order chi connectivity index (χ1) is 11.3. The van der Waals surface area contributed by atoms with Gasteiger partial charge in [-0.15, -0.1) is 0 Å². The van der Waals surface area contributed by atoms with E-state index in [2.05, 4.69) is 40.3 Å². The zero-order chi connectivity index (χ0) is 15.6. The lowest BCUT2D eigenvalue weighted by atomic mass is 10.0. The quantitative estimate of drug-likeness (QED) is 0.540. The molecule has 0 aliphatic carbocycles. The minimum atomic E-state index is 0.716. The first kappa shape index (κ1) is 13.6. The molecule has 0 saturated heterocycles. The molecule has 0 N–H and O–H groups in total. The summed E-state index contributed by atoms with van der Waals surface area (Å²) in [5.41, 5.74) is 5.22. The third-order valence-corrected chi connectivity index (χ3v) is 3.91. The van der Waals surface area contributed by atoms with Crippen LogP contribution in [0.5, 0.6) is 0 Å². The minimum Gasteiger partial charge on any atom is -0.264 e. The fourth-order valence-electron chi connectivity index (χ4n) is 2.72. The van der Waals surface area contributed by atoms with Gasteiger partial charge in [-0.05, 0) is 36.2 Å². The van der Waals surface area contributed by atoms with Crippen LogP contribution in [0, 0.1) is 6.92 Å². The summed E-state index contributed by atoms with van der Waals surface area (Å²) >= 11 is 0. The van der Waals surface area contributed by atoms with Crippen molar-refractivity contribution in [2.75, 3.05) is 0 Å². The summed E-state index contributed by atoms with van der Waals surface area (Å²) in [5.74, 6) is 0.716. The van der Waals surface area contributed by atoms with E-state index in [1.54, 1.807) is 12.4 Å². The monoisotopic (exact) mass is 297 g/mol. The fourth-order valence-corrected chi connectivity index (χ4v) is 2.72. The smallest absolute Gasteiger partial charge is 0.161 e. The number of aromatic nitrogens is 3. The molecule has 4 rings (SSSR count). The van der Waals surface area contributed by atoms with Gasteiger partial charge in [0.25, 0.3) is 0 Å². The number of pyridine rings is 1. The lowest BCUT2D eigenvalue weighted by Gasteiger charge is -2.08. The lowest BCUT2D eigenvalue weighted by Crippen LogP contribution is -1.95. The zero-order valence-electron chi connectivity index (χ0n) is 12.8. The van der Waals surface area contributed by atoms with Gasteiger partial charge in [0.2, 0.25) is 0 Å². The second-order valence-corrected chi connectivity index (χ2v) is 5.47. The maximum absolute atomic E-state index is 4.74. The van der Waals surface area contributed by atoms with E-state index in [4.69, 9.17) is 4.98 Å². The fraction of sp³-hybridized carbons (Fsp3) is 0.0500. The van der Waals surface area contributed by atoms with Crippen LogP contribution in [0.4, 0.5) is 0 Å². The molecule has 0 radical (unpaired) electrons. The van der Waals surface area contributed by atoms with E-state index in [1.807, 2.05) is 37.3 Å². The molecule has 3 heteroatoms. The van der Waals surface area contributed by atoms with Gasteiger partial charge in [0.05, 0.1) is 5.52 Å². The van der Waals surface area contributed by atoms with E-state index >= 15 is 0 Å². The molecular weight excluding hydrogens is 282 g/mol. The Hall–Kier alpha value is -3.07. The van der Waals surface area contributed by atoms with E-state index in [1.165, 1.54) is 5.56 Å². The Morgan fingerprint density at radius 1 is 0.739 bits per heavy atom. The normalized spacial score (nSPS) is 10.8. The molecule has 0 saturated carbocycles. The van der Waals surface area contributed by atoms with Gasteiger partial charge in [-0.25, -0.2) is 9.97 Å². The molecule has 0 spiro atoms. The van der Waals surface area contributed by atoms with E-state index in [0.717, 1.165) is 27.7 Å². The highest BCUT2D eigenvalue weighted by atomic mass is 14.9. The molecule has 0 fully saturated rings. The topological polar surface area (TPSA) is 38.7 Å². The molecular formula is C20H15N3. The van der Waals surface area contributed by atoms with Crippen molar-refractivity contribution in [2.24, 2.45) is 0 Å². The Morgan fingerprint density at radius 2 is 1.57 bits per heavy atom. The average Bonchev–Trinajstić information content (AvgIpc) is 2.63. The summed E-state index contributed by atoms with van der Waals surface area (Å²) in [7, 11) is 0. The van der Waals surface area contributed by atoms with Crippen LogP contribution in [0.2, 0.25) is 0 Å². The van der Waals surface area contributed by atoms with Crippen LogP contribution in [0.1, 0.15) is 5.69 Å². The third-order valence-electron chi connectivity index (χ3n) is 3.91. The second-order valence-electron chi connectivity index (χ2n) is 5.47. The maximum Gasteiger partial charge on any atom is 0.161 e. The van der Waals surface area contributed by atoms with Gasteiger partial charge in [-0.1, -0.05) is 42.5 Å². The van der Waals surface area contributed by atoms with Gasteiger partial charge < -0.3 is 0 Å². The largest absolute Gasteiger partial charge is 0.264 e. The number of hydrogen-bond donors (Lipinski definition) is 0. The Labute approximate surface area is 134 Å². The van der Waals surface area contributed by atoms with Crippen molar-refractivity contribution in [3.8, 4) is 22.5 Å². The Kier molecular flexibility index (Phi) is 3.31. The summed E-state index contributed by atoms with van der Waals surface area (Å²) in [6, 6.07) is 20.6. The Morgan fingerprint density at radius 3 is 2.35 bits per heavy atom. The van der Waals surface area contributed by atoms with Crippen molar-refractivity contribution >= 4 is 10.9 Å². The number of aryl methyl sites for hydroxylation is 1. The Bertz CT molecular complexity index is 959. The van der Waals surface area contributed by atoms with Crippen molar-refractivity contribution in [1.82, 2.24) is 15.0 Å². The number of fused-ring (bicyclic) bond motifs is 1. The van der Waals surface area contributed by atoms with Gasteiger partial charge >= 0.3 is 0 Å². The van der Waals surface area contributed by atoms with Crippen LogP contribution in [0.3, 0.4) is 0 Å². The maximum atomic E-state index is 4.74. The van der Waals surface area contributed by atoms with E-state index < -0.39 is 0 Å². The van der Waals surface area contributed by atoms with E-state index in [9.17, 15) is 0 Å². The number of hydrogen-bond acceptors (Lipinski definition) is 3.